The Kier molecular flexibility index (Phi) is 4.15. The van der Waals surface area contributed by atoms with Crippen LogP contribution in [0.15, 0.2) is 59.0 Å². The second-order valence-corrected chi connectivity index (χ2v) is 4.95. The third-order valence-electron chi connectivity index (χ3n) is 3.52. The van der Waals surface area contributed by atoms with Gasteiger partial charge < -0.3 is 13.9 Å². The third kappa shape index (κ3) is 3.11. The standard InChI is InChI=1S/C19H16O4/c1-21-15-8-6-13(7-9-15)17(20)11-10-16-12-14-4-3-5-18(22-2)19(14)23-16/h3-12H,1-2H3/b11-10+. The lowest BCUT2D eigenvalue weighted by atomic mass is 10.1. The van der Waals surface area contributed by atoms with Gasteiger partial charge in [-0.1, -0.05) is 12.1 Å². The maximum absolute atomic E-state index is 12.2. The van der Waals surface area contributed by atoms with E-state index in [4.69, 9.17) is 13.9 Å². The molecule has 3 aromatic rings. The molecular weight excluding hydrogens is 292 g/mol. The summed E-state index contributed by atoms with van der Waals surface area (Å²) in [5.74, 6) is 1.89. The molecule has 0 unspecified atom stereocenters. The molecule has 0 aliphatic carbocycles. The molecule has 0 radical (unpaired) electrons. The van der Waals surface area contributed by atoms with E-state index in [9.17, 15) is 4.79 Å². The number of rotatable bonds is 5. The lowest BCUT2D eigenvalue weighted by Crippen LogP contribution is -1.93. The molecule has 0 bridgehead atoms. The molecule has 0 saturated carbocycles. The largest absolute Gasteiger partial charge is 0.497 e. The summed E-state index contributed by atoms with van der Waals surface area (Å²) in [4.78, 5) is 12.2. The number of carbonyl (C=O) groups excluding carboxylic acids is 1. The maximum atomic E-state index is 12.2. The molecule has 0 amide bonds. The number of carbonyl (C=O) groups is 1. The summed E-state index contributed by atoms with van der Waals surface area (Å²) in [7, 11) is 3.19. The summed E-state index contributed by atoms with van der Waals surface area (Å²) in [6.07, 6.45) is 3.15. The Morgan fingerprint density at radius 3 is 2.52 bits per heavy atom. The van der Waals surface area contributed by atoms with Gasteiger partial charge in [0, 0.05) is 10.9 Å². The highest BCUT2D eigenvalue weighted by Gasteiger charge is 2.07. The quantitative estimate of drug-likeness (QED) is 0.519. The van der Waals surface area contributed by atoms with Gasteiger partial charge in [-0.3, -0.25) is 4.79 Å². The van der Waals surface area contributed by atoms with Crippen molar-refractivity contribution in [3.63, 3.8) is 0 Å². The van der Waals surface area contributed by atoms with Crippen LogP contribution in [0.25, 0.3) is 17.0 Å². The summed E-state index contributed by atoms with van der Waals surface area (Å²) in [6.45, 7) is 0. The SMILES string of the molecule is COc1ccc(C(=O)/C=C/c2cc3cccc(OC)c3o2)cc1. The maximum Gasteiger partial charge on any atom is 0.185 e. The van der Waals surface area contributed by atoms with Gasteiger partial charge in [0.15, 0.2) is 17.1 Å². The molecule has 1 aromatic heterocycles. The van der Waals surface area contributed by atoms with E-state index in [0.29, 0.717) is 22.7 Å². The molecule has 0 aliphatic heterocycles. The van der Waals surface area contributed by atoms with Gasteiger partial charge in [0.2, 0.25) is 0 Å². The molecule has 0 aliphatic rings. The van der Waals surface area contributed by atoms with E-state index < -0.39 is 0 Å². The fraction of sp³-hybridized carbons (Fsp3) is 0.105. The van der Waals surface area contributed by atoms with Crippen LogP contribution >= 0.6 is 0 Å². The first-order valence-electron chi connectivity index (χ1n) is 7.14. The molecule has 0 N–H and O–H groups in total. The lowest BCUT2D eigenvalue weighted by molar-refractivity contribution is 0.104. The molecule has 0 atom stereocenters. The summed E-state index contributed by atoms with van der Waals surface area (Å²) in [6, 6.07) is 14.5. The van der Waals surface area contributed by atoms with Crippen molar-refractivity contribution in [3.05, 3.63) is 65.9 Å². The highest BCUT2D eigenvalue weighted by atomic mass is 16.5. The van der Waals surface area contributed by atoms with Crippen molar-refractivity contribution in [3.8, 4) is 11.5 Å². The van der Waals surface area contributed by atoms with Crippen LogP contribution in [-0.2, 0) is 0 Å². The molecule has 116 valence electrons. The Morgan fingerprint density at radius 2 is 1.83 bits per heavy atom. The van der Waals surface area contributed by atoms with Crippen molar-refractivity contribution in [2.24, 2.45) is 0 Å². The number of para-hydroxylation sites is 1. The molecule has 4 heteroatoms. The Morgan fingerprint density at radius 1 is 1.04 bits per heavy atom. The second kappa shape index (κ2) is 6.40. The predicted molar refractivity (Wildman–Crippen MR) is 89.1 cm³/mol. The lowest BCUT2D eigenvalue weighted by Gasteiger charge is -1.99. The monoisotopic (exact) mass is 308 g/mol. The minimum Gasteiger partial charge on any atom is -0.497 e. The first-order valence-corrected chi connectivity index (χ1v) is 7.14. The van der Waals surface area contributed by atoms with E-state index >= 15 is 0 Å². The number of benzene rings is 2. The molecule has 3 rings (SSSR count). The summed E-state index contributed by atoms with van der Waals surface area (Å²) in [5.41, 5.74) is 1.27. The summed E-state index contributed by atoms with van der Waals surface area (Å²) < 4.78 is 16.1. The summed E-state index contributed by atoms with van der Waals surface area (Å²) in [5, 5.41) is 0.931. The number of methoxy groups -OCH3 is 2. The highest BCUT2D eigenvalue weighted by molar-refractivity contribution is 6.06. The van der Waals surface area contributed by atoms with Gasteiger partial charge >= 0.3 is 0 Å². The topological polar surface area (TPSA) is 48.7 Å². The number of ether oxygens (including phenoxy) is 2. The Labute approximate surface area is 133 Å². The highest BCUT2D eigenvalue weighted by Crippen LogP contribution is 2.29. The molecular formula is C19H16O4. The van der Waals surface area contributed by atoms with Gasteiger partial charge in [-0.2, -0.15) is 0 Å². The minimum absolute atomic E-state index is 0.0972. The van der Waals surface area contributed by atoms with Gasteiger partial charge in [0.1, 0.15) is 11.5 Å². The van der Waals surface area contributed by atoms with Crippen LogP contribution in [-0.4, -0.2) is 20.0 Å². The smallest absolute Gasteiger partial charge is 0.185 e. The Hall–Kier alpha value is -3.01. The van der Waals surface area contributed by atoms with E-state index in [-0.39, 0.29) is 5.78 Å². The van der Waals surface area contributed by atoms with Crippen LogP contribution in [0.3, 0.4) is 0 Å². The number of hydrogen-bond donors (Lipinski definition) is 0. The zero-order chi connectivity index (χ0) is 16.2. The van der Waals surface area contributed by atoms with Gasteiger partial charge in [-0.25, -0.2) is 0 Å². The van der Waals surface area contributed by atoms with Gasteiger partial charge in [-0.05, 0) is 48.6 Å². The van der Waals surface area contributed by atoms with E-state index in [1.807, 2.05) is 24.3 Å². The van der Waals surface area contributed by atoms with Crippen molar-refractivity contribution >= 4 is 22.8 Å². The van der Waals surface area contributed by atoms with Gasteiger partial charge in [0.25, 0.3) is 0 Å². The molecule has 4 nitrogen and oxygen atoms in total. The van der Waals surface area contributed by atoms with Crippen molar-refractivity contribution in [1.82, 2.24) is 0 Å². The zero-order valence-corrected chi connectivity index (χ0v) is 12.9. The fourth-order valence-electron chi connectivity index (χ4n) is 2.31. The van der Waals surface area contributed by atoms with Crippen molar-refractivity contribution < 1.29 is 18.7 Å². The van der Waals surface area contributed by atoms with Crippen LogP contribution in [0.4, 0.5) is 0 Å². The van der Waals surface area contributed by atoms with Crippen LogP contribution in [0.2, 0.25) is 0 Å². The zero-order valence-electron chi connectivity index (χ0n) is 12.9. The molecule has 1 heterocycles. The number of hydrogen-bond acceptors (Lipinski definition) is 4. The molecule has 23 heavy (non-hydrogen) atoms. The van der Waals surface area contributed by atoms with E-state index in [1.165, 1.54) is 6.08 Å². The number of fused-ring (bicyclic) bond motifs is 1. The average molecular weight is 308 g/mol. The Balaban J connectivity index is 1.82. The average Bonchev–Trinajstić information content (AvgIpc) is 3.02. The fourth-order valence-corrected chi connectivity index (χ4v) is 2.31. The van der Waals surface area contributed by atoms with Gasteiger partial charge in [-0.15, -0.1) is 0 Å². The van der Waals surface area contributed by atoms with Crippen molar-refractivity contribution in [2.45, 2.75) is 0 Å². The predicted octanol–water partition coefficient (Wildman–Crippen LogP) is 4.35. The first kappa shape index (κ1) is 14.9. The van der Waals surface area contributed by atoms with Crippen molar-refractivity contribution in [2.75, 3.05) is 14.2 Å². The van der Waals surface area contributed by atoms with Crippen LogP contribution < -0.4 is 9.47 Å². The van der Waals surface area contributed by atoms with E-state index in [0.717, 1.165) is 11.1 Å². The Bertz CT molecular complexity index is 857. The number of furan rings is 1. The minimum atomic E-state index is -0.0972. The molecule has 0 spiro atoms. The van der Waals surface area contributed by atoms with E-state index in [2.05, 4.69) is 0 Å². The van der Waals surface area contributed by atoms with Crippen LogP contribution in [0.5, 0.6) is 11.5 Å². The number of allylic oxidation sites excluding steroid dienone is 1. The third-order valence-corrected chi connectivity index (χ3v) is 3.52. The summed E-state index contributed by atoms with van der Waals surface area (Å²) >= 11 is 0. The molecule has 0 saturated heterocycles. The second-order valence-electron chi connectivity index (χ2n) is 4.95. The van der Waals surface area contributed by atoms with Crippen LogP contribution in [0.1, 0.15) is 16.1 Å². The molecule has 0 fully saturated rings. The number of ketones is 1. The van der Waals surface area contributed by atoms with Crippen molar-refractivity contribution in [1.29, 1.82) is 0 Å². The normalized spacial score (nSPS) is 11.0. The van der Waals surface area contributed by atoms with E-state index in [1.54, 1.807) is 44.6 Å². The van der Waals surface area contributed by atoms with Gasteiger partial charge in [0.05, 0.1) is 14.2 Å². The molecule has 2 aromatic carbocycles. The van der Waals surface area contributed by atoms with Crippen LogP contribution in [0, 0.1) is 0 Å². The first-order chi connectivity index (χ1) is 11.2.